The van der Waals surface area contributed by atoms with Crippen LogP contribution in [0.3, 0.4) is 0 Å². The zero-order valence-corrected chi connectivity index (χ0v) is 13.4. The number of rotatable bonds is 2. The Kier molecular flexibility index (Phi) is 4.28. The molecule has 2 aromatic heterocycles. The molecule has 0 bridgehead atoms. The van der Waals surface area contributed by atoms with Crippen molar-refractivity contribution in [3.63, 3.8) is 0 Å². The second-order valence-corrected chi connectivity index (χ2v) is 5.83. The molecule has 1 saturated carbocycles. The van der Waals surface area contributed by atoms with Crippen molar-refractivity contribution in [2.75, 3.05) is 7.11 Å². The number of nitrogens with one attached hydrogen (secondary N) is 1. The molecule has 3 rings (SSSR count). The van der Waals surface area contributed by atoms with Crippen LogP contribution in [0.1, 0.15) is 12.5 Å². The molecule has 124 valence electrons. The van der Waals surface area contributed by atoms with Crippen molar-refractivity contribution in [1.82, 2.24) is 24.8 Å². The molecule has 2 aromatic rings. The Hall–Kier alpha value is -1.68. The molecule has 3 unspecified atom stereocenters. The van der Waals surface area contributed by atoms with Crippen molar-refractivity contribution >= 4 is 40.5 Å². The Morgan fingerprint density at radius 3 is 2.83 bits per heavy atom. The number of ether oxygens (including phenoxy) is 1. The van der Waals surface area contributed by atoms with Crippen molar-refractivity contribution in [3.05, 3.63) is 16.8 Å². The van der Waals surface area contributed by atoms with Crippen molar-refractivity contribution in [1.29, 1.82) is 0 Å². The first-order valence-corrected chi connectivity index (χ1v) is 7.44. The number of fused-ring (bicyclic) bond motifs is 1. The molecule has 1 aliphatic rings. The van der Waals surface area contributed by atoms with Gasteiger partial charge in [-0.1, -0.05) is 11.6 Å². The Morgan fingerprint density at radius 2 is 2.13 bits per heavy atom. The molecule has 23 heavy (non-hydrogen) atoms. The summed E-state index contributed by atoms with van der Waals surface area (Å²) in [6.45, 7) is 0. The van der Waals surface area contributed by atoms with Crippen LogP contribution in [-0.4, -0.2) is 61.2 Å². The molecular formula is C12H13Cl2N5O4. The minimum absolute atomic E-state index is 0.0541. The summed E-state index contributed by atoms with van der Waals surface area (Å²) in [5.41, 5.74) is 0.673. The average molecular weight is 362 g/mol. The van der Waals surface area contributed by atoms with Crippen LogP contribution in [0.2, 0.25) is 10.4 Å². The third-order valence-corrected chi connectivity index (χ3v) is 4.28. The molecule has 11 heteroatoms. The normalized spacial score (nSPS) is 27.3. The highest BCUT2D eigenvalue weighted by molar-refractivity contribution is 6.35. The number of aliphatic hydroxyl groups is 2. The van der Waals surface area contributed by atoms with Crippen molar-refractivity contribution in [2.24, 2.45) is 0 Å². The third-order valence-electron chi connectivity index (χ3n) is 3.85. The highest BCUT2D eigenvalue weighted by Gasteiger charge is 2.44. The third kappa shape index (κ3) is 2.80. The summed E-state index contributed by atoms with van der Waals surface area (Å²) in [6, 6.07) is -1.24. The van der Waals surface area contributed by atoms with Crippen LogP contribution in [-0.2, 0) is 4.74 Å². The maximum Gasteiger partial charge on any atom is 0.407 e. The molecule has 0 saturated heterocycles. The number of halogens is 2. The smallest absolute Gasteiger partial charge is 0.407 e. The van der Waals surface area contributed by atoms with E-state index in [1.54, 1.807) is 4.57 Å². The molecule has 0 spiro atoms. The molecule has 9 nitrogen and oxygen atoms in total. The fourth-order valence-corrected chi connectivity index (χ4v) is 3.16. The summed E-state index contributed by atoms with van der Waals surface area (Å²) in [5.74, 6) is 0. The number of hydrogen-bond acceptors (Lipinski definition) is 7. The summed E-state index contributed by atoms with van der Waals surface area (Å²) in [5, 5.41) is 22.9. The van der Waals surface area contributed by atoms with Crippen LogP contribution < -0.4 is 5.32 Å². The van der Waals surface area contributed by atoms with E-state index in [1.165, 1.54) is 13.4 Å². The largest absolute Gasteiger partial charge is 0.453 e. The van der Waals surface area contributed by atoms with Gasteiger partial charge in [0.2, 0.25) is 5.28 Å². The molecule has 3 N–H and O–H groups in total. The first kappa shape index (κ1) is 16.2. The Labute approximate surface area is 140 Å². The number of hydrogen-bond donors (Lipinski definition) is 3. The predicted molar refractivity (Wildman–Crippen MR) is 80.3 cm³/mol. The number of alkyl carbamates (subject to hydrolysis) is 1. The number of carbonyl (C=O) groups is 1. The van der Waals surface area contributed by atoms with E-state index < -0.39 is 30.4 Å². The number of aliphatic hydroxyl groups excluding tert-OH is 2. The lowest BCUT2D eigenvalue weighted by molar-refractivity contribution is 0.0142. The van der Waals surface area contributed by atoms with E-state index in [0.29, 0.717) is 11.2 Å². The molecule has 0 aliphatic heterocycles. The zero-order valence-electron chi connectivity index (χ0n) is 11.8. The fourth-order valence-electron chi connectivity index (χ4n) is 2.74. The molecule has 2 heterocycles. The summed E-state index contributed by atoms with van der Waals surface area (Å²) >= 11 is 11.8. The van der Waals surface area contributed by atoms with Gasteiger partial charge in [-0.15, -0.1) is 0 Å². The van der Waals surface area contributed by atoms with Gasteiger partial charge in [0.1, 0.15) is 17.7 Å². The van der Waals surface area contributed by atoms with Gasteiger partial charge >= 0.3 is 6.09 Å². The van der Waals surface area contributed by atoms with Gasteiger partial charge in [-0.25, -0.2) is 14.8 Å². The van der Waals surface area contributed by atoms with Gasteiger partial charge in [0.25, 0.3) is 0 Å². The fraction of sp³-hybridized carbons (Fsp3) is 0.500. The van der Waals surface area contributed by atoms with Gasteiger partial charge in [-0.2, -0.15) is 4.98 Å². The van der Waals surface area contributed by atoms with Crippen LogP contribution >= 0.6 is 23.2 Å². The lowest BCUT2D eigenvalue weighted by atomic mass is 10.2. The van der Waals surface area contributed by atoms with E-state index in [1.807, 2.05) is 0 Å². The van der Waals surface area contributed by atoms with Crippen molar-refractivity contribution in [3.8, 4) is 0 Å². The zero-order chi connectivity index (χ0) is 16.7. The molecule has 0 radical (unpaired) electrons. The van der Waals surface area contributed by atoms with Crippen molar-refractivity contribution < 1.29 is 19.7 Å². The minimum Gasteiger partial charge on any atom is -0.453 e. The van der Waals surface area contributed by atoms with E-state index in [4.69, 9.17) is 23.2 Å². The van der Waals surface area contributed by atoms with Crippen LogP contribution in [0.15, 0.2) is 6.33 Å². The number of nitrogens with zero attached hydrogens (tertiary/aromatic N) is 4. The van der Waals surface area contributed by atoms with E-state index >= 15 is 0 Å². The quantitative estimate of drug-likeness (QED) is 0.526. The summed E-state index contributed by atoms with van der Waals surface area (Å²) in [4.78, 5) is 23.3. The predicted octanol–water partition coefficient (Wildman–Crippen LogP) is 0.524. The number of amides is 1. The van der Waals surface area contributed by atoms with Gasteiger partial charge in [0.15, 0.2) is 10.8 Å². The van der Waals surface area contributed by atoms with Gasteiger partial charge in [0, 0.05) is 0 Å². The first-order chi connectivity index (χ1) is 10.9. The second kappa shape index (κ2) is 6.08. The maximum atomic E-state index is 11.3. The Morgan fingerprint density at radius 1 is 1.39 bits per heavy atom. The Balaban J connectivity index is 1.94. The summed E-state index contributed by atoms with van der Waals surface area (Å²) in [6.07, 6.45) is -1.30. The lowest BCUT2D eigenvalue weighted by Crippen LogP contribution is -2.43. The minimum atomic E-state index is -1.16. The van der Waals surface area contributed by atoms with Gasteiger partial charge in [-0.3, -0.25) is 0 Å². The molecule has 0 aromatic carbocycles. The lowest BCUT2D eigenvalue weighted by Gasteiger charge is -2.18. The van der Waals surface area contributed by atoms with E-state index in [9.17, 15) is 15.0 Å². The summed E-state index contributed by atoms with van der Waals surface area (Å²) in [7, 11) is 1.22. The molecule has 1 aliphatic carbocycles. The van der Waals surface area contributed by atoms with Crippen LogP contribution in [0.5, 0.6) is 0 Å². The SMILES string of the molecule is COC(=O)N[C@H]1CC(n2cnc3c(Cl)nc(Cl)nc32)C(O)C1O. The van der Waals surface area contributed by atoms with Crippen molar-refractivity contribution in [2.45, 2.75) is 30.7 Å². The highest BCUT2D eigenvalue weighted by Crippen LogP contribution is 2.34. The summed E-state index contributed by atoms with van der Waals surface area (Å²) < 4.78 is 6.06. The molecule has 1 amide bonds. The number of imidazole rings is 1. The number of methoxy groups -OCH3 is 1. The average Bonchev–Trinajstić information content (AvgIpc) is 3.03. The highest BCUT2D eigenvalue weighted by atomic mass is 35.5. The topological polar surface area (TPSA) is 122 Å². The Bertz CT molecular complexity index is 754. The van der Waals surface area contributed by atoms with Gasteiger partial charge in [-0.05, 0) is 18.0 Å². The van der Waals surface area contributed by atoms with Crippen LogP contribution in [0.25, 0.3) is 11.2 Å². The maximum absolute atomic E-state index is 11.3. The second-order valence-electron chi connectivity index (χ2n) is 5.13. The van der Waals surface area contributed by atoms with Crippen LogP contribution in [0.4, 0.5) is 4.79 Å². The van der Waals surface area contributed by atoms with Crippen LogP contribution in [0, 0.1) is 0 Å². The molecule has 4 atom stereocenters. The van der Waals surface area contributed by atoms with E-state index in [2.05, 4.69) is 25.0 Å². The van der Waals surface area contributed by atoms with E-state index in [-0.39, 0.29) is 16.9 Å². The number of carbonyl (C=O) groups excluding carboxylic acids is 1. The standard InChI is InChI=1S/C12H13Cl2N5O4/c1-23-12(22)16-4-2-5(8(21)7(4)20)19-3-15-6-9(13)17-11(14)18-10(6)19/h3-5,7-8,20-21H,2H2,1H3,(H,16,22)/t4-,5?,7?,8?/m0/s1. The van der Waals surface area contributed by atoms with Gasteiger partial charge in [0.05, 0.1) is 25.5 Å². The molecular weight excluding hydrogens is 349 g/mol. The number of aromatic nitrogens is 4. The van der Waals surface area contributed by atoms with E-state index in [0.717, 1.165) is 0 Å². The monoisotopic (exact) mass is 361 g/mol. The first-order valence-electron chi connectivity index (χ1n) is 6.68. The molecule has 1 fully saturated rings. The van der Waals surface area contributed by atoms with Gasteiger partial charge < -0.3 is 24.8 Å².